The van der Waals surface area contributed by atoms with Gasteiger partial charge < -0.3 is 26.4 Å². The van der Waals surface area contributed by atoms with Crippen LogP contribution >= 0.6 is 0 Å². The third-order valence-corrected chi connectivity index (χ3v) is 4.59. The van der Waals surface area contributed by atoms with Gasteiger partial charge >= 0.3 is 5.97 Å². The fourth-order valence-corrected chi connectivity index (χ4v) is 3.19. The zero-order valence-electron chi connectivity index (χ0n) is 16.3. The Hall–Kier alpha value is -4.06. The molecule has 1 amide bonds. The Bertz CT molecular complexity index is 1030. The number of rotatable bonds is 7. The zero-order chi connectivity index (χ0) is 21.7. The second kappa shape index (κ2) is 8.96. The van der Waals surface area contributed by atoms with Crippen LogP contribution < -0.4 is 16.4 Å². The van der Waals surface area contributed by atoms with Crippen molar-refractivity contribution >= 4 is 29.2 Å². The largest absolute Gasteiger partial charge is 0.478 e. The van der Waals surface area contributed by atoms with E-state index in [1.807, 2.05) is 0 Å². The van der Waals surface area contributed by atoms with Crippen molar-refractivity contribution in [3.8, 4) is 11.8 Å². The van der Waals surface area contributed by atoms with E-state index in [0.29, 0.717) is 29.9 Å². The lowest BCUT2D eigenvalue weighted by atomic mass is 10.1. The number of aliphatic imine (C=N–C) groups is 1. The van der Waals surface area contributed by atoms with Gasteiger partial charge in [0.2, 0.25) is 0 Å². The number of nitrogens with zero attached hydrogens (tertiary/aromatic N) is 2. The number of benzene rings is 1. The Morgan fingerprint density at radius 3 is 2.70 bits per heavy atom. The number of carbonyl (C=O) groups is 3. The molecule has 5 N–H and O–H groups in total. The molecule has 9 heteroatoms. The molecule has 0 aromatic heterocycles. The molecule has 0 saturated carbocycles. The first kappa shape index (κ1) is 20.7. The van der Waals surface area contributed by atoms with Crippen LogP contribution in [0.4, 0.5) is 0 Å². The van der Waals surface area contributed by atoms with E-state index >= 15 is 0 Å². The molecule has 0 fully saturated rings. The average Bonchev–Trinajstić information content (AvgIpc) is 3.12. The third kappa shape index (κ3) is 4.33. The number of ketones is 1. The van der Waals surface area contributed by atoms with Gasteiger partial charge in [-0.05, 0) is 37.0 Å². The van der Waals surface area contributed by atoms with Crippen molar-refractivity contribution in [1.82, 2.24) is 15.5 Å². The Morgan fingerprint density at radius 1 is 1.30 bits per heavy atom. The number of amides is 1. The SMILES string of the molecule is CC#CC(=O)NCCCC(=O)C1NC(c2ccc(C(=O)O)cc2)=C2C(N)=NC=CN21. The molecule has 0 spiro atoms. The van der Waals surface area contributed by atoms with Crippen molar-refractivity contribution in [2.75, 3.05) is 6.54 Å². The first-order valence-electron chi connectivity index (χ1n) is 9.29. The molecule has 1 atom stereocenters. The van der Waals surface area contributed by atoms with Gasteiger partial charge in [-0.25, -0.2) is 9.79 Å². The van der Waals surface area contributed by atoms with E-state index in [1.165, 1.54) is 18.3 Å². The summed E-state index contributed by atoms with van der Waals surface area (Å²) in [4.78, 5) is 41.1. The van der Waals surface area contributed by atoms with Crippen LogP contribution in [0.1, 0.15) is 35.7 Å². The van der Waals surface area contributed by atoms with E-state index < -0.39 is 12.1 Å². The molecule has 1 aromatic carbocycles. The topological polar surface area (TPSA) is 137 Å². The van der Waals surface area contributed by atoms with Crippen LogP contribution in [0, 0.1) is 11.8 Å². The Kier molecular flexibility index (Phi) is 6.17. The first-order chi connectivity index (χ1) is 14.4. The van der Waals surface area contributed by atoms with E-state index in [-0.39, 0.29) is 29.5 Å². The van der Waals surface area contributed by atoms with Crippen LogP contribution in [0.2, 0.25) is 0 Å². The van der Waals surface area contributed by atoms with Crippen LogP contribution in [0.25, 0.3) is 5.70 Å². The maximum atomic E-state index is 12.8. The molecule has 3 rings (SSSR count). The maximum Gasteiger partial charge on any atom is 0.335 e. The maximum absolute atomic E-state index is 12.8. The van der Waals surface area contributed by atoms with E-state index in [9.17, 15) is 14.4 Å². The summed E-state index contributed by atoms with van der Waals surface area (Å²) in [6.07, 6.45) is 3.20. The molecule has 1 aromatic rings. The second-order valence-electron chi connectivity index (χ2n) is 6.57. The lowest BCUT2D eigenvalue weighted by molar-refractivity contribution is -0.123. The number of carboxylic acids is 1. The summed E-state index contributed by atoms with van der Waals surface area (Å²) in [7, 11) is 0. The fourth-order valence-electron chi connectivity index (χ4n) is 3.19. The minimum atomic E-state index is -1.02. The highest BCUT2D eigenvalue weighted by Gasteiger charge is 2.37. The number of hydrogen-bond donors (Lipinski definition) is 4. The smallest absolute Gasteiger partial charge is 0.335 e. The van der Waals surface area contributed by atoms with Crippen molar-refractivity contribution in [2.45, 2.75) is 25.9 Å². The van der Waals surface area contributed by atoms with Crippen molar-refractivity contribution < 1.29 is 19.5 Å². The second-order valence-corrected chi connectivity index (χ2v) is 6.57. The first-order valence-corrected chi connectivity index (χ1v) is 9.29. The average molecular weight is 407 g/mol. The van der Waals surface area contributed by atoms with Crippen molar-refractivity contribution in [3.05, 3.63) is 53.5 Å². The van der Waals surface area contributed by atoms with Gasteiger partial charge in [0.1, 0.15) is 11.5 Å². The monoisotopic (exact) mass is 407 g/mol. The molecule has 0 radical (unpaired) electrons. The predicted molar refractivity (Wildman–Crippen MR) is 111 cm³/mol. The number of hydrogen-bond acceptors (Lipinski definition) is 7. The van der Waals surface area contributed by atoms with Crippen LogP contribution in [-0.4, -0.2) is 46.2 Å². The molecule has 0 saturated heterocycles. The fraction of sp³-hybridized carbons (Fsp3) is 0.238. The summed E-state index contributed by atoms with van der Waals surface area (Å²) in [5, 5.41) is 14.9. The lowest BCUT2D eigenvalue weighted by Gasteiger charge is -2.25. The van der Waals surface area contributed by atoms with Crippen LogP contribution in [0.5, 0.6) is 0 Å². The quantitative estimate of drug-likeness (QED) is 0.384. The molecule has 2 aliphatic rings. The summed E-state index contributed by atoms with van der Waals surface area (Å²) in [6.45, 7) is 1.92. The standard InChI is InChI=1S/C21H21N5O4/c1-2-4-16(28)23-10-3-5-15(27)20-25-17(18-19(22)24-11-12-26(18)20)13-6-8-14(9-7-13)21(29)30/h6-9,11-12,20,25H,3,5,10H2,1H3,(H2,22,24)(H,23,28)(H,29,30). The number of nitrogens with one attached hydrogen (secondary N) is 2. The van der Waals surface area contributed by atoms with Crippen LogP contribution in [-0.2, 0) is 9.59 Å². The lowest BCUT2D eigenvalue weighted by Crippen LogP contribution is -2.43. The Labute approximate surface area is 173 Å². The summed E-state index contributed by atoms with van der Waals surface area (Å²) in [5.41, 5.74) is 8.07. The van der Waals surface area contributed by atoms with Gasteiger partial charge in [0, 0.05) is 25.4 Å². The van der Waals surface area contributed by atoms with Gasteiger partial charge in [0.15, 0.2) is 11.9 Å². The highest BCUT2D eigenvalue weighted by molar-refractivity contribution is 6.07. The normalized spacial score (nSPS) is 16.8. The number of carbonyl (C=O) groups excluding carboxylic acids is 2. The number of amidine groups is 1. The zero-order valence-corrected chi connectivity index (χ0v) is 16.3. The summed E-state index contributed by atoms with van der Waals surface area (Å²) in [5.74, 6) is 3.67. The molecular formula is C21H21N5O4. The van der Waals surface area contributed by atoms with E-state index in [2.05, 4.69) is 27.5 Å². The van der Waals surface area contributed by atoms with Crippen LogP contribution in [0.3, 0.4) is 0 Å². The van der Waals surface area contributed by atoms with Gasteiger partial charge in [-0.15, -0.1) is 0 Å². The highest BCUT2D eigenvalue weighted by atomic mass is 16.4. The van der Waals surface area contributed by atoms with Gasteiger partial charge in [0.25, 0.3) is 5.91 Å². The minimum absolute atomic E-state index is 0.0835. The number of carboxylic acid groups (broad SMARTS) is 1. The molecule has 1 unspecified atom stereocenters. The van der Waals surface area contributed by atoms with E-state index in [1.54, 1.807) is 30.2 Å². The molecule has 0 aliphatic carbocycles. The number of aromatic carboxylic acids is 1. The molecule has 0 bridgehead atoms. The van der Waals surface area contributed by atoms with Crippen molar-refractivity contribution in [3.63, 3.8) is 0 Å². The Morgan fingerprint density at radius 2 is 2.03 bits per heavy atom. The molecule has 9 nitrogen and oxygen atoms in total. The van der Waals surface area contributed by atoms with Gasteiger partial charge in [-0.2, -0.15) is 0 Å². The number of Topliss-reactive ketones (excluding diaryl/α,β-unsaturated/α-hetero) is 1. The number of nitrogens with two attached hydrogens (primary N) is 1. The molecule has 154 valence electrons. The molecule has 2 aliphatic heterocycles. The molecule has 2 heterocycles. The molecular weight excluding hydrogens is 386 g/mol. The van der Waals surface area contributed by atoms with E-state index in [0.717, 1.165) is 0 Å². The molecule has 30 heavy (non-hydrogen) atoms. The summed E-state index contributed by atoms with van der Waals surface area (Å²) >= 11 is 0. The van der Waals surface area contributed by atoms with Crippen molar-refractivity contribution in [2.24, 2.45) is 10.7 Å². The van der Waals surface area contributed by atoms with Crippen LogP contribution in [0.15, 0.2) is 47.4 Å². The predicted octanol–water partition coefficient (Wildman–Crippen LogP) is 0.616. The Balaban J connectivity index is 1.73. The number of fused-ring (bicyclic) bond motifs is 1. The van der Waals surface area contributed by atoms with Crippen molar-refractivity contribution in [1.29, 1.82) is 0 Å². The van der Waals surface area contributed by atoms with Gasteiger partial charge in [-0.1, -0.05) is 18.1 Å². The van der Waals surface area contributed by atoms with E-state index in [4.69, 9.17) is 10.8 Å². The third-order valence-electron chi connectivity index (χ3n) is 4.59. The van der Waals surface area contributed by atoms with Gasteiger partial charge in [0.05, 0.1) is 11.3 Å². The van der Waals surface area contributed by atoms with Gasteiger partial charge in [-0.3, -0.25) is 9.59 Å². The summed E-state index contributed by atoms with van der Waals surface area (Å²) in [6, 6.07) is 6.28. The summed E-state index contributed by atoms with van der Waals surface area (Å²) < 4.78 is 0. The highest BCUT2D eigenvalue weighted by Crippen LogP contribution is 2.31. The minimum Gasteiger partial charge on any atom is -0.478 e.